The van der Waals surface area contributed by atoms with Crippen LogP contribution in [0.5, 0.6) is 0 Å². The number of carboxylic acids is 1. The lowest BCUT2D eigenvalue weighted by molar-refractivity contribution is 0.0696. The minimum Gasteiger partial charge on any atom is -0.478 e. The van der Waals surface area contributed by atoms with Gasteiger partial charge < -0.3 is 67.7 Å². The number of primary amides is 2. The number of piperidine rings is 2. The Bertz CT molecular complexity index is 3080. The Labute approximate surface area is 474 Å². The summed E-state index contributed by atoms with van der Waals surface area (Å²) in [7, 11) is 4.29. The second-order valence-corrected chi connectivity index (χ2v) is 21.4. The van der Waals surface area contributed by atoms with Crippen LogP contribution in [0.2, 0.25) is 0 Å². The highest BCUT2D eigenvalue weighted by Crippen LogP contribution is 2.30. The largest absolute Gasteiger partial charge is 0.478 e. The number of hydrogen-bond acceptors (Lipinski definition) is 17. The van der Waals surface area contributed by atoms with Crippen LogP contribution in [-0.4, -0.2) is 162 Å². The minimum atomic E-state index is -0.875. The standard InChI is InChI=1S/C30H38N8O2.C22H32N8O.C8H8O2/c1-20-6-8-22(9-7-20)30(40)34-25-5-4-14-38(21(25)2)26-19-32-27(28(31)39)29(35-26)33-23-10-12-24(13-11-23)37-17-15-36(3)16-18-37;1-15-18(23)4-3-9-30(15)19-14-25-20(21(24)31)22(27-19)26-16-5-7-17(8-6-16)29-12-10-28(2)11-13-29;1-6-2-4-7(5-3-6)8(9)10/h6-13,19,21,25H,4-5,14-18H2,1-3H3,(H2,31,39)(H,33,35)(H,34,40);5-8,14-15,18H,3-4,9-13,23H2,1-2H3,(H2,24,31)(H,26,27);2-5H,1H3,(H,9,10)/t21-,25-;15-,18-;/m11./s1. The average molecular weight is 1100 g/mol. The number of piperazine rings is 2. The van der Waals surface area contributed by atoms with E-state index < -0.39 is 17.8 Å². The first-order valence-electron chi connectivity index (χ1n) is 27.8. The van der Waals surface area contributed by atoms with Gasteiger partial charge in [-0.1, -0.05) is 35.4 Å². The SMILES string of the molecule is C[C@@H]1[C@H](N)CCCN1c1cnc(C(N)=O)c(Nc2ccc(N3CCN(C)CC3)cc2)n1.Cc1ccc(C(=O)N[C@@H]2CCCN(c3cnc(C(N)=O)c(Nc4ccc(N5CCN(C)CC5)cc4)n3)[C@@H]2C)cc1.Cc1ccc(C(=O)O)cc1. The van der Waals surface area contributed by atoms with Crippen LogP contribution in [0.15, 0.2) is 109 Å². The summed E-state index contributed by atoms with van der Waals surface area (Å²) in [5.74, 6) is -0.215. The summed E-state index contributed by atoms with van der Waals surface area (Å²) in [5, 5.41) is 18.2. The summed E-state index contributed by atoms with van der Waals surface area (Å²) < 4.78 is 0. The van der Waals surface area contributed by atoms with Gasteiger partial charge in [-0.05, 0) is 140 Å². The molecule has 6 heterocycles. The lowest BCUT2D eigenvalue weighted by atomic mass is 9.97. The molecule has 4 saturated heterocycles. The zero-order valence-corrected chi connectivity index (χ0v) is 47.4. The number of nitrogens with zero attached hydrogens (tertiary/aromatic N) is 10. The number of nitrogens with two attached hydrogens (primary N) is 3. The van der Waals surface area contributed by atoms with E-state index in [4.69, 9.17) is 32.3 Å². The monoisotopic (exact) mass is 1100 g/mol. The van der Waals surface area contributed by atoms with Crippen LogP contribution in [0, 0.1) is 13.8 Å². The fourth-order valence-electron chi connectivity index (χ4n) is 10.3. The number of rotatable bonds is 13. The molecule has 428 valence electrons. The van der Waals surface area contributed by atoms with E-state index in [-0.39, 0.29) is 41.5 Å². The molecular weight excluding hydrogens is 1020 g/mol. The number of hydrogen-bond donors (Lipinski definition) is 7. The van der Waals surface area contributed by atoms with Crippen molar-refractivity contribution < 1.29 is 24.3 Å². The summed E-state index contributed by atoms with van der Waals surface area (Å²) >= 11 is 0. The molecule has 3 amide bonds. The van der Waals surface area contributed by atoms with Crippen LogP contribution in [0.3, 0.4) is 0 Å². The number of carboxylic acid groups (broad SMARTS) is 1. The average Bonchev–Trinajstić information content (AvgIpc) is 3.46. The molecule has 10 N–H and O–H groups in total. The number of nitrogens with one attached hydrogen (secondary N) is 3. The Morgan fingerprint density at radius 1 is 0.543 bits per heavy atom. The van der Waals surface area contributed by atoms with Gasteiger partial charge in [0.05, 0.1) is 18.0 Å². The highest BCUT2D eigenvalue weighted by atomic mass is 16.4. The number of carbonyl (C=O) groups excluding carboxylic acids is 3. The fourth-order valence-corrected chi connectivity index (χ4v) is 10.3. The Morgan fingerprint density at radius 2 is 0.951 bits per heavy atom. The van der Waals surface area contributed by atoms with Crippen molar-refractivity contribution in [3.8, 4) is 0 Å². The molecule has 10 rings (SSSR count). The van der Waals surface area contributed by atoms with Gasteiger partial charge in [-0.3, -0.25) is 14.4 Å². The van der Waals surface area contributed by atoms with Gasteiger partial charge in [0, 0.05) is 118 Å². The second kappa shape index (κ2) is 27.2. The molecule has 0 saturated carbocycles. The number of benzene rings is 4. The lowest BCUT2D eigenvalue weighted by Crippen LogP contribution is -2.54. The Balaban J connectivity index is 0.000000185. The quantitative estimate of drug-likeness (QED) is 0.0674. The molecule has 6 aromatic rings. The minimum absolute atomic E-state index is 0.0207. The molecule has 0 radical (unpaired) electrons. The predicted molar refractivity (Wildman–Crippen MR) is 321 cm³/mol. The van der Waals surface area contributed by atoms with Crippen LogP contribution in [0.4, 0.5) is 46.0 Å². The fraction of sp³-hybridized carbons (Fsp3) is 0.400. The third-order valence-electron chi connectivity index (χ3n) is 15.5. The predicted octanol–water partition coefficient (Wildman–Crippen LogP) is 6.25. The van der Waals surface area contributed by atoms with Gasteiger partial charge in [0.2, 0.25) is 0 Å². The molecular formula is C60H78N16O5. The molecule has 4 atom stereocenters. The van der Waals surface area contributed by atoms with Gasteiger partial charge in [-0.25, -0.2) is 24.7 Å². The normalized spacial score (nSPS) is 19.5. The second-order valence-electron chi connectivity index (χ2n) is 21.4. The van der Waals surface area contributed by atoms with E-state index in [9.17, 15) is 19.2 Å². The van der Waals surface area contributed by atoms with E-state index in [1.807, 2.05) is 62.4 Å². The first kappa shape index (κ1) is 58.7. The Kier molecular flexibility index (Phi) is 19.7. The van der Waals surface area contributed by atoms with E-state index in [1.54, 1.807) is 36.7 Å². The highest BCUT2D eigenvalue weighted by molar-refractivity contribution is 5.97. The van der Waals surface area contributed by atoms with Crippen molar-refractivity contribution in [1.29, 1.82) is 0 Å². The van der Waals surface area contributed by atoms with Gasteiger partial charge in [0.15, 0.2) is 23.0 Å². The molecule has 21 heteroatoms. The molecule has 81 heavy (non-hydrogen) atoms. The van der Waals surface area contributed by atoms with Crippen molar-refractivity contribution >= 4 is 69.7 Å². The zero-order valence-electron chi connectivity index (χ0n) is 47.4. The number of anilines is 8. The summed E-state index contributed by atoms with van der Waals surface area (Å²) in [4.78, 5) is 79.2. The first-order chi connectivity index (χ1) is 38.9. The van der Waals surface area contributed by atoms with Gasteiger partial charge in [0.1, 0.15) is 11.6 Å². The maximum Gasteiger partial charge on any atom is 0.335 e. The highest BCUT2D eigenvalue weighted by Gasteiger charge is 2.32. The molecule has 0 bridgehead atoms. The number of likely N-dealkylation sites (N-methyl/N-ethyl adjacent to an activating group) is 2. The Hall–Kier alpha value is -8.40. The van der Waals surface area contributed by atoms with E-state index in [1.165, 1.54) is 5.69 Å². The van der Waals surface area contributed by atoms with Crippen molar-refractivity contribution in [1.82, 2.24) is 35.1 Å². The third kappa shape index (κ3) is 15.5. The van der Waals surface area contributed by atoms with Crippen molar-refractivity contribution in [2.24, 2.45) is 17.2 Å². The van der Waals surface area contributed by atoms with Crippen LogP contribution in [0.1, 0.15) is 92.4 Å². The number of aromatic carboxylic acids is 1. The molecule has 0 unspecified atom stereocenters. The zero-order chi connectivity index (χ0) is 57.7. The summed E-state index contributed by atoms with van der Waals surface area (Å²) in [5.41, 5.74) is 24.8. The van der Waals surface area contributed by atoms with Gasteiger partial charge in [0.25, 0.3) is 17.7 Å². The summed E-state index contributed by atoms with van der Waals surface area (Å²) in [6, 6.07) is 30.7. The number of aryl methyl sites for hydroxylation is 2. The molecule has 0 spiro atoms. The number of carbonyl (C=O) groups is 4. The molecule has 4 fully saturated rings. The van der Waals surface area contributed by atoms with Crippen molar-refractivity contribution in [3.63, 3.8) is 0 Å². The molecule has 4 aliphatic rings. The van der Waals surface area contributed by atoms with Gasteiger partial charge in [-0.15, -0.1) is 0 Å². The molecule has 4 aliphatic heterocycles. The molecule has 21 nitrogen and oxygen atoms in total. The van der Waals surface area contributed by atoms with E-state index >= 15 is 0 Å². The molecule has 0 aliphatic carbocycles. The van der Waals surface area contributed by atoms with E-state index in [2.05, 4.69) is 108 Å². The van der Waals surface area contributed by atoms with Crippen molar-refractivity contribution in [2.45, 2.75) is 77.5 Å². The number of amides is 3. The molecule has 2 aromatic heterocycles. The summed E-state index contributed by atoms with van der Waals surface area (Å²) in [6.45, 7) is 17.9. The van der Waals surface area contributed by atoms with Gasteiger partial charge in [-0.2, -0.15) is 0 Å². The van der Waals surface area contributed by atoms with Crippen molar-refractivity contribution in [3.05, 3.63) is 143 Å². The third-order valence-corrected chi connectivity index (χ3v) is 15.5. The van der Waals surface area contributed by atoms with E-state index in [0.717, 1.165) is 119 Å². The molecule has 4 aromatic carbocycles. The van der Waals surface area contributed by atoms with Crippen LogP contribution >= 0.6 is 0 Å². The van der Waals surface area contributed by atoms with Gasteiger partial charge >= 0.3 is 5.97 Å². The maximum absolute atomic E-state index is 12.9. The van der Waals surface area contributed by atoms with Crippen LogP contribution < -0.4 is 52.8 Å². The van der Waals surface area contributed by atoms with Crippen LogP contribution in [-0.2, 0) is 0 Å². The topological polar surface area (TPSA) is 274 Å². The number of aromatic nitrogens is 4. The van der Waals surface area contributed by atoms with E-state index in [0.29, 0.717) is 34.4 Å². The van der Waals surface area contributed by atoms with Crippen molar-refractivity contribution in [2.75, 3.05) is 110 Å². The maximum atomic E-state index is 12.9. The smallest absolute Gasteiger partial charge is 0.335 e. The van der Waals surface area contributed by atoms with Crippen LogP contribution in [0.25, 0.3) is 0 Å². The lowest BCUT2D eigenvalue weighted by Gasteiger charge is -2.40. The Morgan fingerprint density at radius 3 is 1.37 bits per heavy atom. The first-order valence-corrected chi connectivity index (χ1v) is 27.8. The summed E-state index contributed by atoms with van der Waals surface area (Å²) in [6.07, 6.45) is 6.95.